The van der Waals surface area contributed by atoms with E-state index in [0.29, 0.717) is 0 Å². The van der Waals surface area contributed by atoms with Crippen LogP contribution in [0.15, 0.2) is 0 Å². The van der Waals surface area contributed by atoms with E-state index in [1.54, 1.807) is 0 Å². The van der Waals surface area contributed by atoms with Crippen LogP contribution in [0.2, 0.25) is 0 Å². The molecule has 0 aromatic heterocycles. The lowest BCUT2D eigenvalue weighted by Gasteiger charge is -2.34. The molecule has 2 aliphatic rings. The predicted octanol–water partition coefficient (Wildman–Crippen LogP) is -5.39. The molecule has 0 saturated carbocycles. The summed E-state index contributed by atoms with van der Waals surface area (Å²) in [5.74, 6) is -4.59. The maximum absolute atomic E-state index is 10.2. The molecule has 11 heteroatoms. The van der Waals surface area contributed by atoms with Crippen LogP contribution >= 0.6 is 0 Å². The maximum Gasteiger partial charge on any atom is 0.221 e. The van der Waals surface area contributed by atoms with E-state index in [-0.39, 0.29) is 0 Å². The minimum atomic E-state index is -2.43. The minimum absolute atomic E-state index is 0.655. The largest absolute Gasteiger partial charge is 0.394 e. The van der Waals surface area contributed by atoms with Gasteiger partial charge in [-0.25, -0.2) is 0 Å². The van der Waals surface area contributed by atoms with Gasteiger partial charge in [-0.3, -0.25) is 0 Å². The molecule has 2 rings (SSSR count). The molecule has 136 valence electrons. The van der Waals surface area contributed by atoms with Crippen molar-refractivity contribution in [3.8, 4) is 0 Å². The molecule has 2 saturated heterocycles. The van der Waals surface area contributed by atoms with E-state index in [1.807, 2.05) is 0 Å². The Morgan fingerprint density at radius 3 is 1.78 bits per heavy atom. The van der Waals surface area contributed by atoms with Gasteiger partial charge in [-0.1, -0.05) is 0 Å². The first kappa shape index (κ1) is 18.9. The first-order valence-electron chi connectivity index (χ1n) is 7.01. The highest BCUT2D eigenvalue weighted by atomic mass is 16.8. The lowest BCUT2D eigenvalue weighted by atomic mass is 10.0. The molecule has 23 heavy (non-hydrogen) atoms. The smallest absolute Gasteiger partial charge is 0.221 e. The lowest BCUT2D eigenvalue weighted by Crippen LogP contribution is -2.54. The topological polar surface area (TPSA) is 190 Å². The Kier molecular flexibility index (Phi) is 5.60. The van der Waals surface area contributed by atoms with E-state index in [0.717, 1.165) is 0 Å². The zero-order valence-electron chi connectivity index (χ0n) is 12.1. The van der Waals surface area contributed by atoms with Crippen LogP contribution in [-0.2, 0) is 14.2 Å². The van der Waals surface area contributed by atoms with Crippen molar-refractivity contribution >= 4 is 0 Å². The van der Waals surface area contributed by atoms with Gasteiger partial charge in [0.2, 0.25) is 11.6 Å². The van der Waals surface area contributed by atoms with Crippen LogP contribution in [0.25, 0.3) is 0 Å². The van der Waals surface area contributed by atoms with Gasteiger partial charge in [-0.05, 0) is 0 Å². The van der Waals surface area contributed by atoms with E-state index < -0.39 is 74.6 Å². The van der Waals surface area contributed by atoms with Crippen LogP contribution in [0.5, 0.6) is 0 Å². The van der Waals surface area contributed by atoms with Crippen molar-refractivity contribution in [1.82, 2.24) is 0 Å². The Morgan fingerprint density at radius 1 is 0.826 bits per heavy atom. The first-order valence-corrected chi connectivity index (χ1v) is 7.01. The molecule has 0 aliphatic carbocycles. The molecule has 0 bridgehead atoms. The van der Waals surface area contributed by atoms with Gasteiger partial charge in [-0.2, -0.15) is 0 Å². The summed E-state index contributed by atoms with van der Waals surface area (Å²) in [4.78, 5) is 0. The number of aliphatic hydroxyl groups excluding tert-OH is 7. The fourth-order valence-electron chi connectivity index (χ4n) is 2.66. The van der Waals surface area contributed by atoms with Crippen molar-refractivity contribution < 1.29 is 55.1 Å². The lowest BCUT2D eigenvalue weighted by molar-refractivity contribution is -0.328. The number of ether oxygens (including phenoxy) is 3. The molecule has 0 radical (unpaired) electrons. The van der Waals surface area contributed by atoms with Gasteiger partial charge in [0.1, 0.15) is 49.8 Å². The zero-order chi connectivity index (χ0) is 17.4. The third-order valence-corrected chi connectivity index (χ3v) is 4.13. The van der Waals surface area contributed by atoms with E-state index in [9.17, 15) is 30.6 Å². The SMILES string of the molecule is OC[C@@H]1O[C@](CO)(OC[C@@]2(O)O[C@H](CO)[C@@H](O)[C@@H]2O)[C@H](O)[C@H]1O. The van der Waals surface area contributed by atoms with Crippen LogP contribution in [0.1, 0.15) is 0 Å². The monoisotopic (exact) mass is 342 g/mol. The Bertz CT molecular complexity index is 408. The van der Waals surface area contributed by atoms with Crippen molar-refractivity contribution in [1.29, 1.82) is 0 Å². The highest BCUT2D eigenvalue weighted by Gasteiger charge is 2.59. The summed E-state index contributed by atoms with van der Waals surface area (Å²) in [7, 11) is 0. The number of hydrogen-bond acceptors (Lipinski definition) is 11. The molecule has 2 fully saturated rings. The summed E-state index contributed by atoms with van der Waals surface area (Å²) >= 11 is 0. The van der Waals surface area contributed by atoms with Crippen LogP contribution in [0, 0.1) is 0 Å². The predicted molar refractivity (Wildman–Crippen MR) is 68.7 cm³/mol. The van der Waals surface area contributed by atoms with Crippen molar-refractivity contribution in [2.75, 3.05) is 26.4 Å². The molecule has 2 heterocycles. The number of aliphatic hydroxyl groups is 8. The third kappa shape index (κ3) is 3.10. The molecule has 0 amide bonds. The van der Waals surface area contributed by atoms with E-state index in [4.69, 9.17) is 24.4 Å². The summed E-state index contributed by atoms with van der Waals surface area (Å²) in [6.07, 6.45) is -9.18. The second-order valence-electron chi connectivity index (χ2n) is 5.65. The fourth-order valence-corrected chi connectivity index (χ4v) is 2.66. The molecule has 8 atom stereocenters. The van der Waals surface area contributed by atoms with Crippen LogP contribution < -0.4 is 0 Å². The summed E-state index contributed by atoms with van der Waals surface area (Å²) in [6.45, 7) is -3.11. The number of rotatable bonds is 6. The number of hydrogen-bond donors (Lipinski definition) is 8. The average Bonchev–Trinajstić information content (AvgIpc) is 2.93. The van der Waals surface area contributed by atoms with Crippen molar-refractivity contribution in [3.63, 3.8) is 0 Å². The van der Waals surface area contributed by atoms with Crippen molar-refractivity contribution in [2.45, 2.75) is 48.2 Å². The first-order chi connectivity index (χ1) is 10.7. The molecule has 11 nitrogen and oxygen atoms in total. The second kappa shape index (κ2) is 6.82. The van der Waals surface area contributed by atoms with E-state index in [1.165, 1.54) is 0 Å². The Hall–Kier alpha value is -0.440. The van der Waals surface area contributed by atoms with E-state index in [2.05, 4.69) is 0 Å². The Balaban J connectivity index is 2.09. The van der Waals surface area contributed by atoms with Crippen molar-refractivity contribution in [2.24, 2.45) is 0 Å². The third-order valence-electron chi connectivity index (χ3n) is 4.13. The molecule has 0 aromatic rings. The molecular formula is C12H22O11. The normalized spacial score (nSPS) is 50.6. The Labute approximate surface area is 130 Å². The molecule has 0 aromatic carbocycles. The quantitative estimate of drug-likeness (QED) is 0.230. The molecule has 8 N–H and O–H groups in total. The average molecular weight is 342 g/mol. The van der Waals surface area contributed by atoms with E-state index >= 15 is 0 Å². The van der Waals surface area contributed by atoms with Crippen LogP contribution in [0.3, 0.4) is 0 Å². The summed E-state index contributed by atoms with van der Waals surface area (Å²) in [5, 5.41) is 76.7. The maximum atomic E-state index is 10.2. The van der Waals surface area contributed by atoms with Crippen molar-refractivity contribution in [3.05, 3.63) is 0 Å². The summed E-state index contributed by atoms with van der Waals surface area (Å²) in [6, 6.07) is 0. The highest BCUT2D eigenvalue weighted by Crippen LogP contribution is 2.35. The molecule has 0 unspecified atom stereocenters. The van der Waals surface area contributed by atoms with Gasteiger partial charge < -0.3 is 55.1 Å². The molecular weight excluding hydrogens is 320 g/mol. The standard InChI is InChI=1S/C12H22O11/c13-1-5-7(16)9(18)11(20,22-5)4-21-12(3-15)10(19)8(17)6(2-14)23-12/h5-10,13-20H,1-4H2/t5-,6+,7-,8+,9+,10-,11-,12+/m1/s1. The molecule has 0 spiro atoms. The summed E-state index contributed by atoms with van der Waals surface area (Å²) in [5.41, 5.74) is 0. The zero-order valence-corrected chi connectivity index (χ0v) is 12.1. The minimum Gasteiger partial charge on any atom is -0.394 e. The second-order valence-corrected chi connectivity index (χ2v) is 5.65. The Morgan fingerprint density at radius 2 is 1.35 bits per heavy atom. The highest BCUT2D eigenvalue weighted by molar-refractivity contribution is 4.99. The fraction of sp³-hybridized carbons (Fsp3) is 1.00. The van der Waals surface area contributed by atoms with Gasteiger partial charge in [0.15, 0.2) is 0 Å². The van der Waals surface area contributed by atoms with Crippen LogP contribution in [0.4, 0.5) is 0 Å². The van der Waals surface area contributed by atoms with Gasteiger partial charge in [0.05, 0.1) is 13.2 Å². The van der Waals surface area contributed by atoms with Gasteiger partial charge in [-0.15, -0.1) is 0 Å². The van der Waals surface area contributed by atoms with Gasteiger partial charge in [0, 0.05) is 0 Å². The van der Waals surface area contributed by atoms with Gasteiger partial charge in [0.25, 0.3) is 0 Å². The molecule has 2 aliphatic heterocycles. The summed E-state index contributed by atoms with van der Waals surface area (Å²) < 4.78 is 15.2. The van der Waals surface area contributed by atoms with Gasteiger partial charge >= 0.3 is 0 Å². The van der Waals surface area contributed by atoms with Crippen LogP contribution in [-0.4, -0.2) is 115 Å².